The molecule has 1 aromatic rings. The molecule has 20 heavy (non-hydrogen) atoms. The molecule has 1 aromatic carbocycles. The first-order valence-electron chi connectivity index (χ1n) is 6.97. The van der Waals surface area contributed by atoms with Crippen molar-refractivity contribution >= 4 is 17.6 Å². The van der Waals surface area contributed by atoms with Crippen molar-refractivity contribution < 1.29 is 14.3 Å². The van der Waals surface area contributed by atoms with E-state index in [-0.39, 0.29) is 25.0 Å². The molecule has 0 unspecified atom stereocenters. The van der Waals surface area contributed by atoms with Gasteiger partial charge in [-0.3, -0.25) is 4.79 Å². The van der Waals surface area contributed by atoms with Gasteiger partial charge in [0, 0.05) is 13.1 Å². The Hall–Kier alpha value is -2.04. The minimum Gasteiger partial charge on any atom is -0.423 e. The maximum Gasteiger partial charge on any atom is 0.331 e. The number of amides is 1. The van der Waals surface area contributed by atoms with E-state index in [0.717, 1.165) is 37.2 Å². The lowest BCUT2D eigenvalue weighted by Gasteiger charge is -2.30. The number of aryl methyl sites for hydroxylation is 1. The van der Waals surface area contributed by atoms with E-state index in [9.17, 15) is 9.59 Å². The lowest BCUT2D eigenvalue weighted by Crippen LogP contribution is -2.44. The first kappa shape index (κ1) is 13.0. The van der Waals surface area contributed by atoms with Crippen LogP contribution in [0.5, 0.6) is 5.75 Å². The van der Waals surface area contributed by atoms with Gasteiger partial charge < -0.3 is 14.5 Å². The zero-order chi connectivity index (χ0) is 14.1. The number of rotatable bonds is 2. The van der Waals surface area contributed by atoms with Gasteiger partial charge >= 0.3 is 5.97 Å². The molecule has 5 heteroatoms. The Labute approximate surface area is 118 Å². The number of nitrogens with zero attached hydrogens (tertiary/aromatic N) is 2. The second-order valence-corrected chi connectivity index (χ2v) is 5.39. The third kappa shape index (κ3) is 2.48. The summed E-state index contributed by atoms with van der Waals surface area (Å²) in [6.45, 7) is 4.02. The summed E-state index contributed by atoms with van der Waals surface area (Å²) >= 11 is 0. The van der Waals surface area contributed by atoms with Gasteiger partial charge in [0.25, 0.3) is 0 Å². The molecule has 1 amide bonds. The molecule has 0 aliphatic carbocycles. The molecule has 1 saturated heterocycles. The molecule has 5 nitrogen and oxygen atoms in total. The zero-order valence-electron chi connectivity index (χ0n) is 11.6. The van der Waals surface area contributed by atoms with Crippen molar-refractivity contribution in [2.24, 2.45) is 0 Å². The van der Waals surface area contributed by atoms with Crippen molar-refractivity contribution in [3.05, 3.63) is 23.8 Å². The molecule has 0 saturated carbocycles. The summed E-state index contributed by atoms with van der Waals surface area (Å²) in [6, 6.07) is 5.64. The highest BCUT2D eigenvalue weighted by molar-refractivity contribution is 5.89. The zero-order valence-corrected chi connectivity index (χ0v) is 11.6. The fourth-order valence-electron chi connectivity index (χ4n) is 2.73. The molecule has 2 aliphatic rings. The van der Waals surface area contributed by atoms with E-state index in [0.29, 0.717) is 5.75 Å². The smallest absolute Gasteiger partial charge is 0.331 e. The molecular weight excluding hydrogens is 256 g/mol. The van der Waals surface area contributed by atoms with Gasteiger partial charge in [0.1, 0.15) is 6.54 Å². The molecule has 0 bridgehead atoms. The van der Waals surface area contributed by atoms with Crippen LogP contribution in [0, 0.1) is 6.92 Å². The Morgan fingerprint density at radius 1 is 1.30 bits per heavy atom. The number of benzene rings is 1. The summed E-state index contributed by atoms with van der Waals surface area (Å²) < 4.78 is 5.22. The number of hydrogen-bond acceptors (Lipinski definition) is 4. The van der Waals surface area contributed by atoms with Crippen molar-refractivity contribution in [2.75, 3.05) is 31.1 Å². The number of carbonyl (C=O) groups is 2. The fourth-order valence-corrected chi connectivity index (χ4v) is 2.73. The van der Waals surface area contributed by atoms with Crippen LogP contribution in [0.3, 0.4) is 0 Å². The van der Waals surface area contributed by atoms with Crippen molar-refractivity contribution in [2.45, 2.75) is 19.8 Å². The van der Waals surface area contributed by atoms with Crippen molar-refractivity contribution in [1.29, 1.82) is 0 Å². The predicted molar refractivity (Wildman–Crippen MR) is 74.8 cm³/mol. The lowest BCUT2D eigenvalue weighted by molar-refractivity contribution is -0.133. The monoisotopic (exact) mass is 274 g/mol. The van der Waals surface area contributed by atoms with Crippen LogP contribution in [0.25, 0.3) is 0 Å². The van der Waals surface area contributed by atoms with Gasteiger partial charge in [-0.05, 0) is 37.5 Å². The predicted octanol–water partition coefficient (Wildman–Crippen LogP) is 1.34. The Morgan fingerprint density at radius 3 is 2.80 bits per heavy atom. The van der Waals surface area contributed by atoms with E-state index < -0.39 is 0 Å². The van der Waals surface area contributed by atoms with Crippen LogP contribution in [0.15, 0.2) is 18.2 Å². The van der Waals surface area contributed by atoms with Gasteiger partial charge in [-0.15, -0.1) is 0 Å². The second-order valence-electron chi connectivity index (χ2n) is 5.39. The summed E-state index contributed by atoms with van der Waals surface area (Å²) in [5.74, 6) is 0.321. The largest absolute Gasteiger partial charge is 0.423 e. The molecule has 0 atom stereocenters. The molecular formula is C15H18N2O3. The summed E-state index contributed by atoms with van der Waals surface area (Å²) in [5, 5.41) is 0. The molecule has 0 spiro atoms. The SMILES string of the molecule is Cc1ccc2c(c1)N(CC(=O)N1CCCC1)CC(=O)O2. The molecule has 1 fully saturated rings. The van der Waals surface area contributed by atoms with Gasteiger partial charge in [-0.25, -0.2) is 4.79 Å². The number of carbonyl (C=O) groups excluding carboxylic acids is 2. The van der Waals surface area contributed by atoms with Crippen molar-refractivity contribution in [1.82, 2.24) is 4.90 Å². The summed E-state index contributed by atoms with van der Waals surface area (Å²) in [5.41, 5.74) is 1.91. The van der Waals surface area contributed by atoms with E-state index in [1.807, 2.05) is 28.9 Å². The molecule has 106 valence electrons. The molecule has 0 N–H and O–H groups in total. The lowest BCUT2D eigenvalue weighted by atomic mass is 10.1. The van der Waals surface area contributed by atoms with Crippen LogP contribution >= 0.6 is 0 Å². The first-order valence-corrected chi connectivity index (χ1v) is 6.97. The molecule has 3 rings (SSSR count). The highest BCUT2D eigenvalue weighted by Crippen LogP contribution is 2.32. The minimum atomic E-state index is -0.310. The van der Waals surface area contributed by atoms with Crippen LogP contribution in [0.4, 0.5) is 5.69 Å². The average Bonchev–Trinajstić information content (AvgIpc) is 2.93. The van der Waals surface area contributed by atoms with Gasteiger partial charge in [-0.1, -0.05) is 6.07 Å². The number of hydrogen-bond donors (Lipinski definition) is 0. The van der Waals surface area contributed by atoms with E-state index in [1.54, 1.807) is 6.07 Å². The quantitative estimate of drug-likeness (QED) is 0.603. The summed E-state index contributed by atoms with van der Waals surface area (Å²) in [7, 11) is 0. The number of anilines is 1. The number of esters is 1. The average molecular weight is 274 g/mol. The maximum absolute atomic E-state index is 12.2. The Balaban J connectivity index is 1.81. The topological polar surface area (TPSA) is 49.9 Å². The Kier molecular flexibility index (Phi) is 3.34. The molecule has 2 aliphatic heterocycles. The summed E-state index contributed by atoms with van der Waals surface area (Å²) in [4.78, 5) is 27.6. The molecule has 2 heterocycles. The van der Waals surface area contributed by atoms with Crippen LogP contribution < -0.4 is 9.64 Å². The van der Waals surface area contributed by atoms with Crippen molar-refractivity contribution in [3.63, 3.8) is 0 Å². The minimum absolute atomic E-state index is 0.0876. The van der Waals surface area contributed by atoms with Crippen LogP contribution in [0.1, 0.15) is 18.4 Å². The number of likely N-dealkylation sites (tertiary alicyclic amines) is 1. The normalized spacial score (nSPS) is 17.9. The van der Waals surface area contributed by atoms with E-state index >= 15 is 0 Å². The highest BCUT2D eigenvalue weighted by Gasteiger charge is 2.28. The van der Waals surface area contributed by atoms with E-state index in [4.69, 9.17) is 4.74 Å². The fraction of sp³-hybridized carbons (Fsp3) is 0.467. The molecule has 0 radical (unpaired) electrons. The van der Waals surface area contributed by atoms with E-state index in [1.165, 1.54) is 0 Å². The molecule has 0 aromatic heterocycles. The van der Waals surface area contributed by atoms with Gasteiger partial charge in [0.2, 0.25) is 5.91 Å². The van der Waals surface area contributed by atoms with Gasteiger partial charge in [0.05, 0.1) is 12.2 Å². The van der Waals surface area contributed by atoms with Crippen LogP contribution in [-0.2, 0) is 9.59 Å². The third-order valence-electron chi connectivity index (χ3n) is 3.78. The Bertz CT molecular complexity index is 550. The standard InChI is InChI=1S/C15H18N2O3/c1-11-4-5-13-12(8-11)17(10-15(19)20-13)9-14(18)16-6-2-3-7-16/h4-5,8H,2-3,6-7,9-10H2,1H3. The van der Waals surface area contributed by atoms with Crippen LogP contribution in [-0.4, -0.2) is 43.0 Å². The Morgan fingerprint density at radius 2 is 2.05 bits per heavy atom. The highest BCUT2D eigenvalue weighted by atomic mass is 16.5. The second kappa shape index (κ2) is 5.15. The maximum atomic E-state index is 12.2. The number of ether oxygens (including phenoxy) is 1. The third-order valence-corrected chi connectivity index (χ3v) is 3.78. The number of fused-ring (bicyclic) bond motifs is 1. The summed E-state index contributed by atoms with van der Waals surface area (Å²) in [6.07, 6.45) is 2.15. The van der Waals surface area contributed by atoms with Crippen molar-refractivity contribution in [3.8, 4) is 5.75 Å². The van der Waals surface area contributed by atoms with Gasteiger partial charge in [0.15, 0.2) is 5.75 Å². The van der Waals surface area contributed by atoms with Gasteiger partial charge in [-0.2, -0.15) is 0 Å². The first-order chi connectivity index (χ1) is 9.63. The van der Waals surface area contributed by atoms with Crippen LogP contribution in [0.2, 0.25) is 0 Å². The van der Waals surface area contributed by atoms with E-state index in [2.05, 4.69) is 0 Å².